The van der Waals surface area contributed by atoms with Gasteiger partial charge in [0.2, 0.25) is 0 Å². The smallest absolute Gasteiger partial charge is 0.289 e. The van der Waals surface area contributed by atoms with Crippen molar-refractivity contribution in [1.29, 1.82) is 0 Å². The molecule has 0 atom stereocenters. The normalized spacial score (nSPS) is 17.9. The number of carbonyl (C=O) groups excluding carboxylic acids is 2. The largest absolute Gasteiger partial charge is 0.459 e. The fourth-order valence-electron chi connectivity index (χ4n) is 3.55. The van der Waals surface area contributed by atoms with E-state index >= 15 is 0 Å². The predicted octanol–water partition coefficient (Wildman–Crippen LogP) is 2.13. The number of piperazine rings is 1. The molecule has 7 nitrogen and oxygen atoms in total. The standard InChI is InChI=1S/C18H21N3O4/c22-17(15-7-4-12-24-15)20-8-10-21(11-9-20)18(23)16-13-5-2-1-3-6-14(13)25-19-16/h4,7,12H,1-3,5-6,8-11H2. The van der Waals surface area contributed by atoms with Crippen LogP contribution >= 0.6 is 0 Å². The molecule has 7 heteroatoms. The number of amides is 2. The average Bonchev–Trinajstić information content (AvgIpc) is 3.26. The number of fused-ring (bicyclic) bond motifs is 1. The number of rotatable bonds is 2. The lowest BCUT2D eigenvalue weighted by atomic mass is 10.1. The van der Waals surface area contributed by atoms with E-state index < -0.39 is 0 Å². The fourth-order valence-corrected chi connectivity index (χ4v) is 3.55. The first-order chi connectivity index (χ1) is 12.2. The molecule has 2 aromatic heterocycles. The van der Waals surface area contributed by atoms with E-state index in [1.54, 1.807) is 21.9 Å². The van der Waals surface area contributed by atoms with Crippen LogP contribution in [0.15, 0.2) is 27.3 Å². The van der Waals surface area contributed by atoms with Crippen molar-refractivity contribution in [1.82, 2.24) is 15.0 Å². The summed E-state index contributed by atoms with van der Waals surface area (Å²) in [5.41, 5.74) is 1.44. The van der Waals surface area contributed by atoms with Crippen molar-refractivity contribution in [3.8, 4) is 0 Å². The van der Waals surface area contributed by atoms with E-state index in [4.69, 9.17) is 8.94 Å². The highest BCUT2D eigenvalue weighted by Crippen LogP contribution is 2.25. The molecule has 1 aliphatic carbocycles. The second-order valence-corrected chi connectivity index (χ2v) is 6.56. The molecule has 3 heterocycles. The molecular weight excluding hydrogens is 322 g/mol. The maximum absolute atomic E-state index is 12.8. The summed E-state index contributed by atoms with van der Waals surface area (Å²) < 4.78 is 10.6. The minimum Gasteiger partial charge on any atom is -0.459 e. The van der Waals surface area contributed by atoms with Crippen molar-refractivity contribution in [3.05, 3.63) is 41.2 Å². The lowest BCUT2D eigenvalue weighted by Gasteiger charge is -2.34. The van der Waals surface area contributed by atoms with Gasteiger partial charge in [-0.25, -0.2) is 0 Å². The number of hydrogen-bond acceptors (Lipinski definition) is 5. The van der Waals surface area contributed by atoms with Crippen molar-refractivity contribution < 1.29 is 18.5 Å². The van der Waals surface area contributed by atoms with Crippen LogP contribution in [0.4, 0.5) is 0 Å². The van der Waals surface area contributed by atoms with Crippen molar-refractivity contribution >= 4 is 11.8 Å². The van der Waals surface area contributed by atoms with Gasteiger partial charge in [0.1, 0.15) is 5.76 Å². The molecule has 1 aliphatic heterocycles. The SMILES string of the molecule is O=C(c1ccco1)N1CCN(C(=O)c2noc3c2CCCCC3)CC1. The molecule has 2 aliphatic rings. The molecule has 1 saturated heterocycles. The Morgan fingerprint density at radius 2 is 1.68 bits per heavy atom. The molecule has 0 spiro atoms. The Morgan fingerprint density at radius 3 is 2.40 bits per heavy atom. The number of carbonyl (C=O) groups is 2. The van der Waals surface area contributed by atoms with Gasteiger partial charge in [0.15, 0.2) is 11.5 Å². The quantitative estimate of drug-likeness (QED) is 0.781. The van der Waals surface area contributed by atoms with Gasteiger partial charge in [0, 0.05) is 38.2 Å². The van der Waals surface area contributed by atoms with Crippen LogP contribution in [0, 0.1) is 0 Å². The summed E-state index contributed by atoms with van der Waals surface area (Å²) in [6.45, 7) is 1.97. The second-order valence-electron chi connectivity index (χ2n) is 6.56. The summed E-state index contributed by atoms with van der Waals surface area (Å²) in [6.07, 6.45) is 6.52. The van der Waals surface area contributed by atoms with Crippen molar-refractivity contribution in [2.24, 2.45) is 0 Å². The van der Waals surface area contributed by atoms with E-state index in [-0.39, 0.29) is 11.8 Å². The van der Waals surface area contributed by atoms with Crippen molar-refractivity contribution in [2.45, 2.75) is 32.1 Å². The first-order valence-corrected chi connectivity index (χ1v) is 8.83. The average molecular weight is 343 g/mol. The maximum Gasteiger partial charge on any atom is 0.289 e. The molecular formula is C18H21N3O4. The number of furan rings is 1. The highest BCUT2D eigenvalue weighted by Gasteiger charge is 2.30. The second kappa shape index (κ2) is 6.74. The molecule has 132 valence electrons. The third kappa shape index (κ3) is 3.06. The lowest BCUT2D eigenvalue weighted by Crippen LogP contribution is -2.50. The molecule has 0 aromatic carbocycles. The topological polar surface area (TPSA) is 79.8 Å². The first kappa shape index (κ1) is 15.9. The lowest BCUT2D eigenvalue weighted by molar-refractivity contribution is 0.0512. The van der Waals surface area contributed by atoms with Gasteiger partial charge in [-0.2, -0.15) is 0 Å². The number of aromatic nitrogens is 1. The van der Waals surface area contributed by atoms with Crippen LogP contribution in [0.5, 0.6) is 0 Å². The Balaban J connectivity index is 1.42. The van der Waals surface area contributed by atoms with E-state index in [0.717, 1.165) is 43.4 Å². The van der Waals surface area contributed by atoms with Crippen LogP contribution in [0.2, 0.25) is 0 Å². The maximum atomic E-state index is 12.8. The third-order valence-corrected chi connectivity index (χ3v) is 4.99. The summed E-state index contributed by atoms with van der Waals surface area (Å²) >= 11 is 0. The van der Waals surface area contributed by atoms with Crippen LogP contribution in [0.3, 0.4) is 0 Å². The molecule has 0 bridgehead atoms. The summed E-state index contributed by atoms with van der Waals surface area (Å²) in [7, 11) is 0. The summed E-state index contributed by atoms with van der Waals surface area (Å²) in [4.78, 5) is 28.6. The van der Waals surface area contributed by atoms with Gasteiger partial charge in [-0.05, 0) is 31.4 Å². The molecule has 0 saturated carbocycles. The Bertz CT molecular complexity index is 757. The number of aryl methyl sites for hydroxylation is 1. The Kier molecular flexibility index (Phi) is 4.29. The monoisotopic (exact) mass is 343 g/mol. The molecule has 4 rings (SSSR count). The Hall–Kier alpha value is -2.57. The molecule has 1 fully saturated rings. The van der Waals surface area contributed by atoms with Gasteiger partial charge in [-0.1, -0.05) is 11.6 Å². The molecule has 2 aromatic rings. The van der Waals surface area contributed by atoms with Crippen molar-refractivity contribution in [2.75, 3.05) is 26.2 Å². The van der Waals surface area contributed by atoms with Gasteiger partial charge < -0.3 is 18.7 Å². The third-order valence-electron chi connectivity index (χ3n) is 4.99. The van der Waals surface area contributed by atoms with E-state index in [0.29, 0.717) is 37.6 Å². The summed E-state index contributed by atoms with van der Waals surface area (Å²) in [6, 6.07) is 3.35. The van der Waals surface area contributed by atoms with Gasteiger partial charge >= 0.3 is 0 Å². The van der Waals surface area contributed by atoms with E-state index in [1.807, 2.05) is 0 Å². The molecule has 0 N–H and O–H groups in total. The van der Waals surface area contributed by atoms with Crippen LogP contribution < -0.4 is 0 Å². The van der Waals surface area contributed by atoms with E-state index in [1.165, 1.54) is 6.26 Å². The highest BCUT2D eigenvalue weighted by molar-refractivity contribution is 5.94. The van der Waals surface area contributed by atoms with Gasteiger partial charge in [0.25, 0.3) is 11.8 Å². The predicted molar refractivity (Wildman–Crippen MR) is 88.3 cm³/mol. The minimum absolute atomic E-state index is 0.0861. The summed E-state index contributed by atoms with van der Waals surface area (Å²) in [5, 5.41) is 4.05. The molecule has 0 unspecified atom stereocenters. The zero-order chi connectivity index (χ0) is 17.2. The first-order valence-electron chi connectivity index (χ1n) is 8.83. The summed E-state index contributed by atoms with van der Waals surface area (Å²) in [5.74, 6) is 0.985. The van der Waals surface area contributed by atoms with Crippen LogP contribution in [-0.4, -0.2) is 52.9 Å². The molecule has 25 heavy (non-hydrogen) atoms. The molecule has 0 radical (unpaired) electrons. The zero-order valence-corrected chi connectivity index (χ0v) is 14.1. The van der Waals surface area contributed by atoms with Gasteiger partial charge in [-0.3, -0.25) is 9.59 Å². The van der Waals surface area contributed by atoms with Crippen molar-refractivity contribution in [3.63, 3.8) is 0 Å². The highest BCUT2D eigenvalue weighted by atomic mass is 16.5. The van der Waals surface area contributed by atoms with Crippen LogP contribution in [-0.2, 0) is 12.8 Å². The Labute approximate surface area is 145 Å². The zero-order valence-electron chi connectivity index (χ0n) is 14.1. The van der Waals surface area contributed by atoms with Gasteiger partial charge in [0.05, 0.1) is 6.26 Å². The van der Waals surface area contributed by atoms with E-state index in [9.17, 15) is 9.59 Å². The number of nitrogens with zero attached hydrogens (tertiary/aromatic N) is 3. The van der Waals surface area contributed by atoms with Gasteiger partial charge in [-0.15, -0.1) is 0 Å². The Morgan fingerprint density at radius 1 is 0.960 bits per heavy atom. The number of hydrogen-bond donors (Lipinski definition) is 0. The fraction of sp³-hybridized carbons (Fsp3) is 0.500. The van der Waals surface area contributed by atoms with Crippen LogP contribution in [0.1, 0.15) is 51.6 Å². The van der Waals surface area contributed by atoms with Crippen LogP contribution in [0.25, 0.3) is 0 Å². The molecule has 2 amide bonds. The van der Waals surface area contributed by atoms with E-state index in [2.05, 4.69) is 5.16 Å². The minimum atomic E-state index is -0.132.